The topological polar surface area (TPSA) is 26.0 Å². The molecule has 0 atom stereocenters. The summed E-state index contributed by atoms with van der Waals surface area (Å²) in [6, 6.07) is 5.91. The van der Waals surface area contributed by atoms with Crippen molar-refractivity contribution in [1.82, 2.24) is 0 Å². The standard InChI is InChI=1S/C17H25Cl2N/c1-12(2)13-6-8-17(11-20,9-7-13)10-14-4-3-5-15(18)16(14)19/h3-5,12-13H,6-11,20H2,1-2H3. The van der Waals surface area contributed by atoms with E-state index in [-0.39, 0.29) is 5.41 Å². The highest BCUT2D eigenvalue weighted by atomic mass is 35.5. The van der Waals surface area contributed by atoms with Crippen LogP contribution in [0.5, 0.6) is 0 Å². The van der Waals surface area contributed by atoms with Crippen LogP contribution in [0.3, 0.4) is 0 Å². The summed E-state index contributed by atoms with van der Waals surface area (Å²) >= 11 is 12.5. The highest BCUT2D eigenvalue weighted by Crippen LogP contribution is 2.44. The molecule has 0 spiro atoms. The van der Waals surface area contributed by atoms with E-state index in [2.05, 4.69) is 19.9 Å². The second-order valence-corrected chi connectivity index (χ2v) is 7.46. The van der Waals surface area contributed by atoms with Crippen LogP contribution in [0.2, 0.25) is 10.0 Å². The third-order valence-electron chi connectivity index (χ3n) is 5.06. The fourth-order valence-electron chi connectivity index (χ4n) is 3.46. The molecule has 0 bridgehead atoms. The SMILES string of the molecule is CC(C)C1CCC(CN)(Cc2cccc(Cl)c2Cl)CC1. The van der Waals surface area contributed by atoms with Crippen molar-refractivity contribution in [2.75, 3.05) is 6.54 Å². The zero-order valence-corrected chi connectivity index (χ0v) is 14.0. The summed E-state index contributed by atoms with van der Waals surface area (Å²) in [4.78, 5) is 0. The van der Waals surface area contributed by atoms with E-state index in [0.29, 0.717) is 10.0 Å². The lowest BCUT2D eigenvalue weighted by atomic mass is 9.65. The van der Waals surface area contributed by atoms with Crippen molar-refractivity contribution in [3.05, 3.63) is 33.8 Å². The molecule has 20 heavy (non-hydrogen) atoms. The molecule has 2 rings (SSSR count). The molecule has 0 saturated heterocycles. The van der Waals surface area contributed by atoms with Crippen molar-refractivity contribution in [2.24, 2.45) is 23.0 Å². The van der Waals surface area contributed by atoms with Gasteiger partial charge in [-0.1, -0.05) is 49.2 Å². The van der Waals surface area contributed by atoms with Crippen LogP contribution in [0.15, 0.2) is 18.2 Å². The van der Waals surface area contributed by atoms with Gasteiger partial charge in [-0.25, -0.2) is 0 Å². The third kappa shape index (κ3) is 3.50. The Morgan fingerprint density at radius 1 is 1.25 bits per heavy atom. The quantitative estimate of drug-likeness (QED) is 0.799. The Hall–Kier alpha value is -0.240. The van der Waals surface area contributed by atoms with Crippen LogP contribution in [-0.2, 0) is 6.42 Å². The van der Waals surface area contributed by atoms with Crippen LogP contribution >= 0.6 is 23.2 Å². The molecule has 0 unspecified atom stereocenters. The summed E-state index contributed by atoms with van der Waals surface area (Å²) in [5.74, 6) is 1.63. The molecule has 112 valence electrons. The van der Waals surface area contributed by atoms with Gasteiger partial charge >= 0.3 is 0 Å². The van der Waals surface area contributed by atoms with Gasteiger partial charge in [0, 0.05) is 0 Å². The fraction of sp³-hybridized carbons (Fsp3) is 0.647. The minimum Gasteiger partial charge on any atom is -0.330 e. The van der Waals surface area contributed by atoms with E-state index in [1.54, 1.807) is 0 Å². The molecule has 0 aliphatic heterocycles. The van der Waals surface area contributed by atoms with Gasteiger partial charge in [0.15, 0.2) is 0 Å². The fourth-order valence-corrected chi connectivity index (χ4v) is 3.85. The van der Waals surface area contributed by atoms with Crippen LogP contribution in [0.4, 0.5) is 0 Å². The Bertz CT molecular complexity index is 448. The predicted octanol–water partition coefficient (Wildman–Crippen LogP) is 5.33. The molecule has 1 aliphatic rings. The summed E-state index contributed by atoms with van der Waals surface area (Å²) < 4.78 is 0. The van der Waals surface area contributed by atoms with E-state index >= 15 is 0 Å². The summed E-state index contributed by atoms with van der Waals surface area (Å²) in [5, 5.41) is 1.35. The second-order valence-electron chi connectivity index (χ2n) is 6.68. The number of nitrogens with two attached hydrogens (primary N) is 1. The molecule has 1 fully saturated rings. The van der Waals surface area contributed by atoms with E-state index in [1.807, 2.05) is 12.1 Å². The van der Waals surface area contributed by atoms with Crippen LogP contribution in [0, 0.1) is 17.3 Å². The molecule has 1 aromatic carbocycles. The second kappa shape index (κ2) is 6.68. The van der Waals surface area contributed by atoms with E-state index in [4.69, 9.17) is 28.9 Å². The van der Waals surface area contributed by atoms with Gasteiger partial charge in [-0.05, 0) is 67.5 Å². The van der Waals surface area contributed by atoms with Crippen molar-refractivity contribution in [2.45, 2.75) is 46.0 Å². The molecular weight excluding hydrogens is 289 g/mol. The average Bonchev–Trinajstić information content (AvgIpc) is 2.44. The normalized spacial score (nSPS) is 27.0. The maximum atomic E-state index is 6.34. The van der Waals surface area contributed by atoms with Gasteiger partial charge in [0.25, 0.3) is 0 Å². The molecule has 0 heterocycles. The van der Waals surface area contributed by atoms with Crippen molar-refractivity contribution < 1.29 is 0 Å². The first-order chi connectivity index (χ1) is 9.47. The molecule has 0 aromatic heterocycles. The highest BCUT2D eigenvalue weighted by molar-refractivity contribution is 6.42. The van der Waals surface area contributed by atoms with Crippen LogP contribution in [0.1, 0.15) is 45.1 Å². The van der Waals surface area contributed by atoms with E-state index in [0.717, 1.165) is 30.4 Å². The van der Waals surface area contributed by atoms with Crippen LogP contribution < -0.4 is 5.73 Å². The number of hydrogen-bond acceptors (Lipinski definition) is 1. The Morgan fingerprint density at radius 2 is 1.90 bits per heavy atom. The van der Waals surface area contributed by atoms with Crippen molar-refractivity contribution in [3.63, 3.8) is 0 Å². The molecule has 1 aliphatic carbocycles. The molecule has 0 amide bonds. The van der Waals surface area contributed by atoms with Gasteiger partial charge in [0.2, 0.25) is 0 Å². The van der Waals surface area contributed by atoms with Gasteiger partial charge in [0.05, 0.1) is 10.0 Å². The number of hydrogen-bond donors (Lipinski definition) is 1. The lowest BCUT2D eigenvalue weighted by Gasteiger charge is -2.41. The van der Waals surface area contributed by atoms with Gasteiger partial charge in [-0.15, -0.1) is 0 Å². The van der Waals surface area contributed by atoms with E-state index in [1.165, 1.54) is 25.7 Å². The maximum Gasteiger partial charge on any atom is 0.0624 e. The molecule has 1 saturated carbocycles. The Morgan fingerprint density at radius 3 is 2.45 bits per heavy atom. The first-order valence-corrected chi connectivity index (χ1v) is 8.36. The first kappa shape index (κ1) is 16.1. The molecule has 1 aromatic rings. The summed E-state index contributed by atoms with van der Waals surface area (Å²) in [7, 11) is 0. The zero-order valence-electron chi connectivity index (χ0n) is 12.5. The molecule has 2 N–H and O–H groups in total. The Labute approximate surface area is 132 Å². The minimum absolute atomic E-state index is 0.208. The summed E-state index contributed by atoms with van der Waals surface area (Å²) in [6.45, 7) is 5.39. The Balaban J connectivity index is 2.11. The zero-order chi connectivity index (χ0) is 14.8. The maximum absolute atomic E-state index is 6.34. The average molecular weight is 314 g/mol. The van der Waals surface area contributed by atoms with E-state index in [9.17, 15) is 0 Å². The smallest absolute Gasteiger partial charge is 0.0624 e. The van der Waals surface area contributed by atoms with Crippen LogP contribution in [-0.4, -0.2) is 6.54 Å². The van der Waals surface area contributed by atoms with Gasteiger partial charge < -0.3 is 5.73 Å². The van der Waals surface area contributed by atoms with Crippen LogP contribution in [0.25, 0.3) is 0 Å². The molecule has 1 nitrogen and oxygen atoms in total. The molecular formula is C17H25Cl2N. The molecule has 0 radical (unpaired) electrons. The Kier molecular flexibility index (Phi) is 5.39. The van der Waals surface area contributed by atoms with Gasteiger partial charge in [-0.2, -0.15) is 0 Å². The monoisotopic (exact) mass is 313 g/mol. The number of halogens is 2. The van der Waals surface area contributed by atoms with Crippen molar-refractivity contribution in [3.8, 4) is 0 Å². The van der Waals surface area contributed by atoms with Crippen molar-refractivity contribution >= 4 is 23.2 Å². The summed E-state index contributed by atoms with van der Waals surface area (Å²) in [5.41, 5.74) is 7.47. The number of rotatable bonds is 4. The summed E-state index contributed by atoms with van der Waals surface area (Å²) in [6.07, 6.45) is 5.93. The first-order valence-electron chi connectivity index (χ1n) is 7.60. The van der Waals surface area contributed by atoms with Crippen molar-refractivity contribution in [1.29, 1.82) is 0 Å². The van der Waals surface area contributed by atoms with Gasteiger partial charge in [0.1, 0.15) is 0 Å². The van der Waals surface area contributed by atoms with Gasteiger partial charge in [-0.3, -0.25) is 0 Å². The molecule has 3 heteroatoms. The third-order valence-corrected chi connectivity index (χ3v) is 5.92. The number of benzene rings is 1. The van der Waals surface area contributed by atoms with E-state index < -0.39 is 0 Å². The largest absolute Gasteiger partial charge is 0.330 e. The lowest BCUT2D eigenvalue weighted by Crippen LogP contribution is -2.37. The highest BCUT2D eigenvalue weighted by Gasteiger charge is 2.35. The predicted molar refractivity (Wildman–Crippen MR) is 88.4 cm³/mol. The minimum atomic E-state index is 0.208. The lowest BCUT2D eigenvalue weighted by molar-refractivity contribution is 0.132.